The Morgan fingerprint density at radius 3 is 2.73 bits per heavy atom. The first-order valence-corrected chi connectivity index (χ1v) is 4.48. The Kier molecular flexibility index (Phi) is 2.03. The second kappa shape index (κ2) is 3.12. The highest BCUT2D eigenvalue weighted by molar-refractivity contribution is 6.08. The van der Waals surface area contributed by atoms with E-state index in [9.17, 15) is 14.0 Å². The minimum absolute atomic E-state index is 0.0387. The average Bonchev–Trinajstić information content (AvgIpc) is 2.42. The summed E-state index contributed by atoms with van der Waals surface area (Å²) in [6.45, 7) is 1.60. The van der Waals surface area contributed by atoms with E-state index in [0.717, 1.165) is 6.20 Å². The third kappa shape index (κ3) is 1.49. The predicted octanol–water partition coefficient (Wildman–Crippen LogP) is 0.525. The van der Waals surface area contributed by atoms with Crippen molar-refractivity contribution in [2.45, 2.75) is 18.8 Å². The van der Waals surface area contributed by atoms with Crippen LogP contribution in [0.2, 0.25) is 0 Å². The molecule has 1 aromatic rings. The summed E-state index contributed by atoms with van der Waals surface area (Å²) in [7, 11) is 0. The summed E-state index contributed by atoms with van der Waals surface area (Å²) in [6, 6.07) is 1.23. The summed E-state index contributed by atoms with van der Waals surface area (Å²) in [5.74, 6) is -1.26. The topological polar surface area (TPSA) is 59.1 Å². The van der Waals surface area contributed by atoms with Crippen molar-refractivity contribution < 1.29 is 14.0 Å². The van der Waals surface area contributed by atoms with Crippen LogP contribution in [0.25, 0.3) is 0 Å². The van der Waals surface area contributed by atoms with Gasteiger partial charge in [0, 0.05) is 12.6 Å². The molecule has 5 heteroatoms. The Balaban J connectivity index is 2.46. The molecule has 1 saturated heterocycles. The number of halogens is 1. The van der Waals surface area contributed by atoms with Crippen molar-refractivity contribution in [1.29, 1.82) is 0 Å². The number of carbonyl (C=O) groups excluding carboxylic acids is 2. The summed E-state index contributed by atoms with van der Waals surface area (Å²) < 4.78 is 12.9. The van der Waals surface area contributed by atoms with Crippen LogP contribution in [-0.4, -0.2) is 16.8 Å². The monoisotopic (exact) mass is 208 g/mol. The van der Waals surface area contributed by atoms with Crippen LogP contribution in [0.4, 0.5) is 4.39 Å². The maximum Gasteiger partial charge on any atom is 0.237 e. The van der Waals surface area contributed by atoms with Gasteiger partial charge in [-0.2, -0.15) is 0 Å². The summed E-state index contributed by atoms with van der Waals surface area (Å²) in [6.07, 6.45) is 2.50. The summed E-state index contributed by atoms with van der Waals surface area (Å²) in [5, 5.41) is 2.20. The predicted molar refractivity (Wildman–Crippen MR) is 49.3 cm³/mol. The molecule has 0 saturated carbocycles. The number of nitrogens with zero attached hydrogens (tertiary/aromatic N) is 1. The van der Waals surface area contributed by atoms with Crippen LogP contribution in [-0.2, 0) is 15.0 Å². The molecule has 78 valence electrons. The quantitative estimate of drug-likeness (QED) is 0.684. The zero-order valence-electron chi connectivity index (χ0n) is 8.08. The SMILES string of the molecule is CC1(c2cncc(F)c2)CC(=O)NC1=O. The molecule has 1 aliphatic heterocycles. The molecule has 1 N–H and O–H groups in total. The largest absolute Gasteiger partial charge is 0.296 e. The second-order valence-electron chi connectivity index (χ2n) is 3.78. The van der Waals surface area contributed by atoms with Crippen LogP contribution in [0.5, 0.6) is 0 Å². The first kappa shape index (κ1) is 9.76. The number of imide groups is 1. The van der Waals surface area contributed by atoms with E-state index in [1.807, 2.05) is 0 Å². The maximum absolute atomic E-state index is 12.9. The minimum Gasteiger partial charge on any atom is -0.296 e. The minimum atomic E-state index is -0.994. The highest BCUT2D eigenvalue weighted by atomic mass is 19.1. The number of pyridine rings is 1. The van der Waals surface area contributed by atoms with Gasteiger partial charge in [-0.3, -0.25) is 19.9 Å². The zero-order valence-corrected chi connectivity index (χ0v) is 8.08. The molecule has 0 bridgehead atoms. The summed E-state index contributed by atoms with van der Waals surface area (Å²) in [4.78, 5) is 26.3. The molecule has 1 atom stereocenters. The number of hydrogen-bond donors (Lipinski definition) is 1. The highest BCUT2D eigenvalue weighted by Gasteiger charge is 2.44. The van der Waals surface area contributed by atoms with E-state index in [1.165, 1.54) is 12.3 Å². The lowest BCUT2D eigenvalue weighted by atomic mass is 9.82. The van der Waals surface area contributed by atoms with Gasteiger partial charge in [0.2, 0.25) is 11.8 Å². The molecule has 2 rings (SSSR count). The normalized spacial score (nSPS) is 25.5. The van der Waals surface area contributed by atoms with Gasteiger partial charge in [-0.25, -0.2) is 4.39 Å². The van der Waals surface area contributed by atoms with Crippen molar-refractivity contribution in [2.75, 3.05) is 0 Å². The van der Waals surface area contributed by atoms with Crippen LogP contribution >= 0.6 is 0 Å². The number of rotatable bonds is 1. The maximum atomic E-state index is 12.9. The lowest BCUT2D eigenvalue weighted by Crippen LogP contribution is -2.32. The van der Waals surface area contributed by atoms with Crippen molar-refractivity contribution in [2.24, 2.45) is 0 Å². The fourth-order valence-electron chi connectivity index (χ4n) is 1.66. The molecule has 4 nitrogen and oxygen atoms in total. The molecular formula is C10H9FN2O2. The molecule has 1 aromatic heterocycles. The van der Waals surface area contributed by atoms with Gasteiger partial charge in [-0.05, 0) is 18.6 Å². The number of aromatic nitrogens is 1. The number of amides is 2. The van der Waals surface area contributed by atoms with Gasteiger partial charge in [-0.1, -0.05) is 0 Å². The van der Waals surface area contributed by atoms with Crippen LogP contribution in [0.15, 0.2) is 18.5 Å². The third-order valence-corrected chi connectivity index (χ3v) is 2.61. The van der Waals surface area contributed by atoms with Gasteiger partial charge >= 0.3 is 0 Å². The molecule has 0 aliphatic carbocycles. The fraction of sp³-hybridized carbons (Fsp3) is 0.300. The Bertz CT molecular complexity index is 447. The van der Waals surface area contributed by atoms with Crippen molar-refractivity contribution in [1.82, 2.24) is 10.3 Å². The van der Waals surface area contributed by atoms with E-state index in [1.54, 1.807) is 6.92 Å². The molecule has 0 spiro atoms. The zero-order chi connectivity index (χ0) is 11.1. The van der Waals surface area contributed by atoms with Gasteiger partial charge < -0.3 is 0 Å². The molecule has 0 aromatic carbocycles. The number of hydrogen-bond acceptors (Lipinski definition) is 3. The Hall–Kier alpha value is -1.78. The Morgan fingerprint density at radius 2 is 2.20 bits per heavy atom. The van der Waals surface area contributed by atoms with Crippen molar-refractivity contribution in [3.8, 4) is 0 Å². The van der Waals surface area contributed by atoms with Gasteiger partial charge in [-0.15, -0.1) is 0 Å². The van der Waals surface area contributed by atoms with Gasteiger partial charge in [0.25, 0.3) is 0 Å². The van der Waals surface area contributed by atoms with Crippen molar-refractivity contribution >= 4 is 11.8 Å². The molecule has 2 heterocycles. The fourth-order valence-corrected chi connectivity index (χ4v) is 1.66. The van der Waals surface area contributed by atoms with E-state index < -0.39 is 17.1 Å². The summed E-state index contributed by atoms with van der Waals surface area (Å²) in [5.41, 5.74) is -0.572. The summed E-state index contributed by atoms with van der Waals surface area (Å²) >= 11 is 0. The molecule has 1 fully saturated rings. The van der Waals surface area contributed by atoms with E-state index >= 15 is 0 Å². The first-order valence-electron chi connectivity index (χ1n) is 4.48. The van der Waals surface area contributed by atoms with Crippen molar-refractivity contribution in [3.63, 3.8) is 0 Å². The van der Waals surface area contributed by atoms with Crippen molar-refractivity contribution in [3.05, 3.63) is 29.8 Å². The van der Waals surface area contributed by atoms with E-state index in [4.69, 9.17) is 0 Å². The molecule has 1 aliphatic rings. The number of nitrogens with one attached hydrogen (secondary N) is 1. The van der Waals surface area contributed by atoms with Gasteiger partial charge in [0.05, 0.1) is 11.6 Å². The Labute approximate surface area is 85.5 Å². The molecule has 2 amide bonds. The highest BCUT2D eigenvalue weighted by Crippen LogP contribution is 2.31. The molecule has 15 heavy (non-hydrogen) atoms. The lowest BCUT2D eigenvalue weighted by molar-refractivity contribution is -0.126. The van der Waals surface area contributed by atoms with Gasteiger partial charge in [0.15, 0.2) is 0 Å². The van der Waals surface area contributed by atoms with E-state index in [-0.39, 0.29) is 12.3 Å². The van der Waals surface area contributed by atoms with Crippen LogP contribution < -0.4 is 5.32 Å². The number of carbonyl (C=O) groups is 2. The molecule has 1 unspecified atom stereocenters. The first-order chi connectivity index (χ1) is 7.02. The Morgan fingerprint density at radius 1 is 1.47 bits per heavy atom. The third-order valence-electron chi connectivity index (χ3n) is 2.61. The molecular weight excluding hydrogens is 199 g/mol. The van der Waals surface area contributed by atoms with E-state index in [0.29, 0.717) is 5.56 Å². The van der Waals surface area contributed by atoms with Crippen LogP contribution in [0.3, 0.4) is 0 Å². The average molecular weight is 208 g/mol. The van der Waals surface area contributed by atoms with Crippen LogP contribution in [0, 0.1) is 5.82 Å². The molecule has 0 radical (unpaired) electrons. The van der Waals surface area contributed by atoms with Crippen LogP contribution in [0.1, 0.15) is 18.9 Å². The standard InChI is InChI=1S/C10H9FN2O2/c1-10(3-8(14)13-9(10)15)6-2-7(11)5-12-4-6/h2,4-5H,3H2,1H3,(H,13,14,15). The lowest BCUT2D eigenvalue weighted by Gasteiger charge is -2.19. The second-order valence-corrected chi connectivity index (χ2v) is 3.78. The smallest absolute Gasteiger partial charge is 0.237 e. The van der Waals surface area contributed by atoms with Gasteiger partial charge in [0.1, 0.15) is 5.82 Å². The van der Waals surface area contributed by atoms with E-state index in [2.05, 4.69) is 10.3 Å².